The lowest BCUT2D eigenvalue weighted by molar-refractivity contribution is 0.0827. The van der Waals surface area contributed by atoms with E-state index < -0.39 is 6.10 Å². The molecular formula is C18H20N2O2. The van der Waals surface area contributed by atoms with Crippen molar-refractivity contribution in [2.75, 3.05) is 19.4 Å². The summed E-state index contributed by atoms with van der Waals surface area (Å²) in [5.41, 5.74) is 3.88. The number of hydrogen-bond acceptors (Lipinski definition) is 3. The molecule has 0 saturated heterocycles. The van der Waals surface area contributed by atoms with Gasteiger partial charge in [0.15, 0.2) is 0 Å². The molecule has 0 aromatic heterocycles. The Morgan fingerprint density at radius 3 is 2.50 bits per heavy atom. The zero-order valence-electron chi connectivity index (χ0n) is 12.8. The van der Waals surface area contributed by atoms with Crippen LogP contribution in [0.25, 0.3) is 0 Å². The van der Waals surface area contributed by atoms with Crippen LogP contribution >= 0.6 is 0 Å². The fourth-order valence-corrected chi connectivity index (χ4v) is 2.89. The molecule has 1 amide bonds. The number of nitrogens with one attached hydrogen (secondary N) is 1. The van der Waals surface area contributed by atoms with Gasteiger partial charge in [-0.3, -0.25) is 4.79 Å². The number of hydrogen-bond donors (Lipinski definition) is 2. The van der Waals surface area contributed by atoms with Gasteiger partial charge in [0.05, 0.1) is 12.1 Å². The van der Waals surface area contributed by atoms with Crippen molar-refractivity contribution >= 4 is 11.6 Å². The maximum Gasteiger partial charge on any atom is 0.253 e. The van der Waals surface area contributed by atoms with Crippen molar-refractivity contribution in [3.63, 3.8) is 0 Å². The minimum Gasteiger partial charge on any atom is -0.390 e. The number of carbonyl (C=O) groups excluding carboxylic acids is 1. The third kappa shape index (κ3) is 2.70. The van der Waals surface area contributed by atoms with E-state index in [2.05, 4.69) is 11.4 Å². The van der Waals surface area contributed by atoms with E-state index in [9.17, 15) is 9.90 Å². The van der Waals surface area contributed by atoms with Crippen LogP contribution in [0.1, 0.15) is 27.5 Å². The minimum absolute atomic E-state index is 0.0159. The van der Waals surface area contributed by atoms with Gasteiger partial charge in [-0.15, -0.1) is 0 Å². The van der Waals surface area contributed by atoms with Gasteiger partial charge in [-0.05, 0) is 35.4 Å². The number of aliphatic hydroxyl groups excluding tert-OH is 1. The molecule has 0 aliphatic heterocycles. The molecule has 22 heavy (non-hydrogen) atoms. The first kappa shape index (κ1) is 14.6. The molecular weight excluding hydrogens is 276 g/mol. The largest absolute Gasteiger partial charge is 0.390 e. The molecule has 0 heterocycles. The molecule has 114 valence electrons. The van der Waals surface area contributed by atoms with E-state index in [0.29, 0.717) is 12.0 Å². The molecule has 2 aromatic rings. The Kier molecular flexibility index (Phi) is 3.86. The average molecular weight is 296 g/mol. The van der Waals surface area contributed by atoms with Gasteiger partial charge in [0.25, 0.3) is 5.91 Å². The van der Waals surface area contributed by atoms with Gasteiger partial charge >= 0.3 is 0 Å². The van der Waals surface area contributed by atoms with Crippen molar-refractivity contribution in [1.82, 2.24) is 4.90 Å². The Balaban J connectivity index is 1.78. The van der Waals surface area contributed by atoms with Crippen LogP contribution in [-0.2, 0) is 6.42 Å². The van der Waals surface area contributed by atoms with Gasteiger partial charge < -0.3 is 15.3 Å². The number of amides is 1. The third-order valence-electron chi connectivity index (χ3n) is 4.06. The zero-order chi connectivity index (χ0) is 15.7. The van der Waals surface area contributed by atoms with Crippen LogP contribution in [0.5, 0.6) is 0 Å². The molecule has 2 atom stereocenters. The van der Waals surface area contributed by atoms with E-state index in [1.807, 2.05) is 30.3 Å². The van der Waals surface area contributed by atoms with Crippen LogP contribution in [-0.4, -0.2) is 36.1 Å². The lowest BCUT2D eigenvalue weighted by Crippen LogP contribution is -2.22. The van der Waals surface area contributed by atoms with Gasteiger partial charge in [-0.2, -0.15) is 0 Å². The van der Waals surface area contributed by atoms with E-state index in [-0.39, 0.29) is 11.9 Å². The summed E-state index contributed by atoms with van der Waals surface area (Å²) in [6.45, 7) is 0. The first-order chi connectivity index (χ1) is 10.6. The van der Waals surface area contributed by atoms with Crippen molar-refractivity contribution in [1.29, 1.82) is 0 Å². The Morgan fingerprint density at radius 1 is 1.14 bits per heavy atom. The van der Waals surface area contributed by atoms with Gasteiger partial charge in [0.1, 0.15) is 0 Å². The van der Waals surface area contributed by atoms with Crippen molar-refractivity contribution in [3.8, 4) is 0 Å². The van der Waals surface area contributed by atoms with E-state index >= 15 is 0 Å². The Labute approximate surface area is 130 Å². The summed E-state index contributed by atoms with van der Waals surface area (Å²) in [5.74, 6) is -0.0159. The van der Waals surface area contributed by atoms with Crippen LogP contribution in [0.15, 0.2) is 48.5 Å². The van der Waals surface area contributed by atoms with Crippen molar-refractivity contribution in [2.45, 2.75) is 18.6 Å². The number of anilines is 1. The molecule has 2 N–H and O–H groups in total. The predicted molar refractivity (Wildman–Crippen MR) is 87.0 cm³/mol. The third-order valence-corrected chi connectivity index (χ3v) is 4.06. The maximum absolute atomic E-state index is 11.9. The molecule has 3 rings (SSSR count). The quantitative estimate of drug-likeness (QED) is 0.915. The first-order valence-corrected chi connectivity index (χ1v) is 7.40. The second-order valence-electron chi connectivity index (χ2n) is 5.87. The van der Waals surface area contributed by atoms with E-state index in [1.165, 1.54) is 5.56 Å². The number of fused-ring (bicyclic) bond motifs is 1. The topological polar surface area (TPSA) is 52.6 Å². The minimum atomic E-state index is -0.430. The fraction of sp³-hybridized carbons (Fsp3) is 0.278. The lowest BCUT2D eigenvalue weighted by atomic mass is 10.1. The highest BCUT2D eigenvalue weighted by atomic mass is 16.3. The van der Waals surface area contributed by atoms with Crippen molar-refractivity contribution in [2.24, 2.45) is 0 Å². The van der Waals surface area contributed by atoms with Crippen LogP contribution < -0.4 is 5.32 Å². The maximum atomic E-state index is 11.9. The van der Waals surface area contributed by atoms with Crippen LogP contribution in [0, 0.1) is 0 Å². The molecule has 0 spiro atoms. The van der Waals surface area contributed by atoms with Gasteiger partial charge in [-0.1, -0.05) is 24.3 Å². The van der Waals surface area contributed by atoms with Gasteiger partial charge in [0.2, 0.25) is 0 Å². The second kappa shape index (κ2) is 5.81. The summed E-state index contributed by atoms with van der Waals surface area (Å²) in [6, 6.07) is 15.4. The lowest BCUT2D eigenvalue weighted by Gasteiger charge is -2.19. The Morgan fingerprint density at radius 2 is 1.82 bits per heavy atom. The summed E-state index contributed by atoms with van der Waals surface area (Å²) in [4.78, 5) is 13.4. The second-order valence-corrected chi connectivity index (χ2v) is 5.87. The predicted octanol–water partition coefficient (Wildman–Crippen LogP) is 2.46. The van der Waals surface area contributed by atoms with Crippen LogP contribution in [0.4, 0.5) is 5.69 Å². The molecule has 0 radical (unpaired) electrons. The standard InChI is InChI=1S/C18H20N2O2/c1-20(2)18(22)12-7-9-14(10-8-12)19-17-15-6-4-3-5-13(15)11-16(17)21/h3-10,16-17,19,21H,11H2,1-2H3. The van der Waals surface area contributed by atoms with E-state index in [1.54, 1.807) is 31.1 Å². The summed E-state index contributed by atoms with van der Waals surface area (Å²) in [6.07, 6.45) is 0.242. The molecule has 0 saturated carbocycles. The SMILES string of the molecule is CN(C)C(=O)c1ccc(NC2c3ccccc3CC2O)cc1. The number of rotatable bonds is 3. The van der Waals surface area contributed by atoms with E-state index in [0.717, 1.165) is 11.3 Å². The fourth-order valence-electron chi connectivity index (χ4n) is 2.89. The highest BCUT2D eigenvalue weighted by Gasteiger charge is 2.30. The van der Waals surface area contributed by atoms with Crippen LogP contribution in [0.3, 0.4) is 0 Å². The monoisotopic (exact) mass is 296 g/mol. The number of aliphatic hydroxyl groups is 1. The zero-order valence-corrected chi connectivity index (χ0v) is 12.8. The molecule has 4 nitrogen and oxygen atoms in total. The molecule has 1 aliphatic rings. The number of carbonyl (C=O) groups is 1. The van der Waals surface area contributed by atoms with Crippen molar-refractivity contribution in [3.05, 3.63) is 65.2 Å². The molecule has 1 aliphatic carbocycles. The molecule has 2 aromatic carbocycles. The smallest absolute Gasteiger partial charge is 0.253 e. The Bertz CT molecular complexity index is 680. The Hall–Kier alpha value is -2.33. The highest BCUT2D eigenvalue weighted by molar-refractivity contribution is 5.94. The summed E-state index contributed by atoms with van der Waals surface area (Å²) in [5, 5.41) is 13.6. The summed E-state index contributed by atoms with van der Waals surface area (Å²) in [7, 11) is 3.47. The van der Waals surface area contributed by atoms with Crippen LogP contribution in [0.2, 0.25) is 0 Å². The molecule has 4 heteroatoms. The number of nitrogens with zero attached hydrogens (tertiary/aromatic N) is 1. The molecule has 2 unspecified atom stereocenters. The average Bonchev–Trinajstić information content (AvgIpc) is 2.83. The van der Waals surface area contributed by atoms with Gasteiger partial charge in [-0.25, -0.2) is 0 Å². The normalized spacial score (nSPS) is 19.6. The number of benzene rings is 2. The van der Waals surface area contributed by atoms with Crippen molar-refractivity contribution < 1.29 is 9.90 Å². The first-order valence-electron chi connectivity index (χ1n) is 7.40. The summed E-state index contributed by atoms with van der Waals surface area (Å²) >= 11 is 0. The molecule has 0 bridgehead atoms. The van der Waals surface area contributed by atoms with E-state index in [4.69, 9.17) is 0 Å². The van der Waals surface area contributed by atoms with Gasteiger partial charge in [0, 0.05) is 31.8 Å². The highest BCUT2D eigenvalue weighted by Crippen LogP contribution is 2.34. The molecule has 0 fully saturated rings. The summed E-state index contributed by atoms with van der Waals surface area (Å²) < 4.78 is 0.